The number of benzene rings is 1. The summed E-state index contributed by atoms with van der Waals surface area (Å²) in [5.74, 6) is 0. The molecule has 0 atom stereocenters. The molecule has 3 nitrogen and oxygen atoms in total. The molecule has 0 saturated heterocycles. The third-order valence-corrected chi connectivity index (χ3v) is 3.55. The summed E-state index contributed by atoms with van der Waals surface area (Å²) >= 11 is 1.56. The van der Waals surface area contributed by atoms with Crippen LogP contribution in [-0.4, -0.2) is 4.98 Å². The SMILES string of the molecule is CC(C)(N)c1nc(-c2ccc(C#N)cc2)cs1. The summed E-state index contributed by atoms with van der Waals surface area (Å²) in [4.78, 5) is 4.52. The molecule has 17 heavy (non-hydrogen) atoms. The maximum atomic E-state index is 8.73. The van der Waals surface area contributed by atoms with E-state index in [1.807, 2.05) is 31.4 Å². The van der Waals surface area contributed by atoms with Crippen LogP contribution >= 0.6 is 11.3 Å². The first-order valence-corrected chi connectivity index (χ1v) is 6.14. The van der Waals surface area contributed by atoms with Crippen molar-refractivity contribution < 1.29 is 0 Å². The Balaban J connectivity index is 2.34. The van der Waals surface area contributed by atoms with Gasteiger partial charge in [-0.2, -0.15) is 5.26 Å². The number of thiazole rings is 1. The molecule has 0 aliphatic rings. The van der Waals surface area contributed by atoms with Gasteiger partial charge in [0.2, 0.25) is 0 Å². The van der Waals surface area contributed by atoms with Crippen molar-refractivity contribution in [3.63, 3.8) is 0 Å². The van der Waals surface area contributed by atoms with Gasteiger partial charge >= 0.3 is 0 Å². The molecule has 0 bridgehead atoms. The molecule has 0 amide bonds. The molecule has 0 aliphatic heterocycles. The summed E-state index contributed by atoms with van der Waals surface area (Å²) in [5, 5.41) is 11.6. The maximum absolute atomic E-state index is 8.73. The molecule has 86 valence electrons. The van der Waals surface area contributed by atoms with E-state index in [0.29, 0.717) is 5.56 Å². The van der Waals surface area contributed by atoms with Crippen LogP contribution < -0.4 is 5.73 Å². The van der Waals surface area contributed by atoms with Gasteiger partial charge in [0.05, 0.1) is 22.9 Å². The summed E-state index contributed by atoms with van der Waals surface area (Å²) in [6.45, 7) is 3.88. The zero-order valence-corrected chi connectivity index (χ0v) is 10.6. The Morgan fingerprint density at radius 3 is 2.41 bits per heavy atom. The average molecular weight is 243 g/mol. The minimum Gasteiger partial charge on any atom is -0.320 e. The van der Waals surface area contributed by atoms with E-state index in [9.17, 15) is 0 Å². The Hall–Kier alpha value is -1.70. The lowest BCUT2D eigenvalue weighted by molar-refractivity contribution is 0.551. The van der Waals surface area contributed by atoms with Gasteiger partial charge in [-0.05, 0) is 26.0 Å². The predicted molar refractivity (Wildman–Crippen MR) is 69.5 cm³/mol. The van der Waals surface area contributed by atoms with Crippen LogP contribution in [0.15, 0.2) is 29.6 Å². The smallest absolute Gasteiger partial charge is 0.113 e. The van der Waals surface area contributed by atoms with Gasteiger partial charge in [-0.1, -0.05) is 12.1 Å². The second-order valence-corrected chi connectivity index (χ2v) is 5.31. The van der Waals surface area contributed by atoms with Crippen molar-refractivity contribution in [1.82, 2.24) is 4.98 Å². The molecule has 0 radical (unpaired) electrons. The lowest BCUT2D eigenvalue weighted by Crippen LogP contribution is -2.28. The van der Waals surface area contributed by atoms with Gasteiger partial charge in [-0.15, -0.1) is 11.3 Å². The highest BCUT2D eigenvalue weighted by Crippen LogP contribution is 2.27. The zero-order valence-electron chi connectivity index (χ0n) is 9.77. The summed E-state index contributed by atoms with van der Waals surface area (Å²) in [6.07, 6.45) is 0. The molecule has 2 rings (SSSR count). The quantitative estimate of drug-likeness (QED) is 0.882. The first-order valence-electron chi connectivity index (χ1n) is 5.26. The molecule has 2 aromatic rings. The van der Waals surface area contributed by atoms with Gasteiger partial charge in [0.1, 0.15) is 5.01 Å². The fourth-order valence-electron chi connectivity index (χ4n) is 1.42. The summed E-state index contributed by atoms with van der Waals surface area (Å²) in [6, 6.07) is 9.49. The number of rotatable bonds is 2. The van der Waals surface area contributed by atoms with Crippen LogP contribution in [0.2, 0.25) is 0 Å². The molecule has 0 spiro atoms. The topological polar surface area (TPSA) is 62.7 Å². The van der Waals surface area contributed by atoms with E-state index < -0.39 is 5.54 Å². The number of aromatic nitrogens is 1. The predicted octanol–water partition coefficient (Wildman–Crippen LogP) is 2.88. The molecule has 1 heterocycles. The van der Waals surface area contributed by atoms with Crippen LogP contribution in [0.4, 0.5) is 0 Å². The van der Waals surface area contributed by atoms with Crippen molar-refractivity contribution in [2.75, 3.05) is 0 Å². The normalized spacial score (nSPS) is 11.2. The lowest BCUT2D eigenvalue weighted by atomic mass is 10.1. The van der Waals surface area contributed by atoms with Crippen LogP contribution in [-0.2, 0) is 5.54 Å². The van der Waals surface area contributed by atoms with Crippen LogP contribution in [0.5, 0.6) is 0 Å². The van der Waals surface area contributed by atoms with Crippen LogP contribution in [0.1, 0.15) is 24.4 Å². The minimum absolute atomic E-state index is 0.407. The Kier molecular flexibility index (Phi) is 2.97. The molecule has 0 fully saturated rings. The standard InChI is InChI=1S/C13H13N3S/c1-13(2,15)12-16-11(8-17-12)10-5-3-9(7-14)4-6-10/h3-6,8H,15H2,1-2H3. The molecular formula is C13H13N3S. The van der Waals surface area contributed by atoms with Gasteiger partial charge < -0.3 is 5.73 Å². The molecule has 4 heteroatoms. The highest BCUT2D eigenvalue weighted by molar-refractivity contribution is 7.10. The maximum Gasteiger partial charge on any atom is 0.113 e. The molecule has 0 saturated carbocycles. The molecule has 1 aromatic carbocycles. The first-order chi connectivity index (χ1) is 8.00. The molecule has 0 aliphatic carbocycles. The Morgan fingerprint density at radius 2 is 1.94 bits per heavy atom. The van der Waals surface area contributed by atoms with E-state index in [2.05, 4.69) is 11.1 Å². The van der Waals surface area contributed by atoms with E-state index in [1.54, 1.807) is 23.5 Å². The fraction of sp³-hybridized carbons (Fsp3) is 0.231. The fourth-order valence-corrected chi connectivity index (χ4v) is 2.28. The lowest BCUT2D eigenvalue weighted by Gasteiger charge is -2.13. The van der Waals surface area contributed by atoms with E-state index in [4.69, 9.17) is 11.0 Å². The summed E-state index contributed by atoms with van der Waals surface area (Å²) in [7, 11) is 0. The van der Waals surface area contributed by atoms with E-state index in [0.717, 1.165) is 16.3 Å². The Morgan fingerprint density at radius 1 is 1.29 bits per heavy atom. The highest BCUT2D eigenvalue weighted by Gasteiger charge is 2.18. The van der Waals surface area contributed by atoms with Crippen molar-refractivity contribution in [3.05, 3.63) is 40.2 Å². The number of nitriles is 1. The first kappa shape index (κ1) is 11.8. The van der Waals surface area contributed by atoms with Crippen molar-refractivity contribution >= 4 is 11.3 Å². The average Bonchev–Trinajstić information content (AvgIpc) is 2.78. The minimum atomic E-state index is -0.407. The Labute approximate surface area is 105 Å². The monoisotopic (exact) mass is 243 g/mol. The molecule has 0 unspecified atom stereocenters. The number of hydrogen-bond donors (Lipinski definition) is 1. The molecular weight excluding hydrogens is 230 g/mol. The van der Waals surface area contributed by atoms with Crippen LogP contribution in [0.3, 0.4) is 0 Å². The van der Waals surface area contributed by atoms with Crippen molar-refractivity contribution in [2.24, 2.45) is 5.73 Å². The molecule has 1 aromatic heterocycles. The summed E-state index contributed by atoms with van der Waals surface area (Å²) in [5.41, 5.74) is 8.17. The number of nitrogens with two attached hydrogens (primary N) is 1. The largest absolute Gasteiger partial charge is 0.320 e. The second-order valence-electron chi connectivity index (χ2n) is 4.45. The van der Waals surface area contributed by atoms with Gasteiger partial charge in [-0.25, -0.2) is 4.98 Å². The third-order valence-electron chi connectivity index (χ3n) is 2.37. The van der Waals surface area contributed by atoms with Crippen molar-refractivity contribution in [1.29, 1.82) is 5.26 Å². The zero-order chi connectivity index (χ0) is 12.5. The van der Waals surface area contributed by atoms with E-state index >= 15 is 0 Å². The van der Waals surface area contributed by atoms with Crippen molar-refractivity contribution in [3.8, 4) is 17.3 Å². The van der Waals surface area contributed by atoms with Crippen molar-refractivity contribution in [2.45, 2.75) is 19.4 Å². The van der Waals surface area contributed by atoms with Crippen LogP contribution in [0, 0.1) is 11.3 Å². The number of nitrogens with zero attached hydrogens (tertiary/aromatic N) is 2. The van der Waals surface area contributed by atoms with Gasteiger partial charge in [0.15, 0.2) is 0 Å². The highest BCUT2D eigenvalue weighted by atomic mass is 32.1. The number of hydrogen-bond acceptors (Lipinski definition) is 4. The van der Waals surface area contributed by atoms with Crippen LogP contribution in [0.25, 0.3) is 11.3 Å². The van der Waals surface area contributed by atoms with E-state index in [-0.39, 0.29) is 0 Å². The molecule has 2 N–H and O–H groups in total. The van der Waals surface area contributed by atoms with Gasteiger partial charge in [-0.3, -0.25) is 0 Å². The van der Waals surface area contributed by atoms with Gasteiger partial charge in [0.25, 0.3) is 0 Å². The third kappa shape index (κ3) is 2.52. The van der Waals surface area contributed by atoms with E-state index in [1.165, 1.54) is 0 Å². The second kappa shape index (κ2) is 4.28. The summed E-state index contributed by atoms with van der Waals surface area (Å²) < 4.78 is 0. The Bertz CT molecular complexity index is 556. The van der Waals surface area contributed by atoms with Gasteiger partial charge in [0, 0.05) is 10.9 Å².